The summed E-state index contributed by atoms with van der Waals surface area (Å²) in [6.45, 7) is 0. The number of phenolic OH excluding ortho intramolecular Hbond substituents is 1. The molecule has 144 valence electrons. The largest absolute Gasteiger partial charge is 0.500 e. The molecule has 0 unspecified atom stereocenters. The smallest absolute Gasteiger partial charge is 0.315 e. The van der Waals surface area contributed by atoms with Crippen molar-refractivity contribution in [2.75, 3.05) is 12.1 Å². The van der Waals surface area contributed by atoms with Gasteiger partial charge in [0, 0.05) is 16.1 Å². The Balaban J connectivity index is 2.03. The van der Waals surface area contributed by atoms with E-state index in [2.05, 4.69) is 5.43 Å². The molecule has 0 aromatic heterocycles. The minimum absolute atomic E-state index is 0.117. The summed E-state index contributed by atoms with van der Waals surface area (Å²) in [5.74, 6) is -2.27. The molecular formula is C17H11Cl2N3O6. The molecule has 1 saturated heterocycles. The van der Waals surface area contributed by atoms with E-state index in [-0.39, 0.29) is 32.6 Å². The topological polar surface area (TPSA) is 122 Å². The van der Waals surface area contributed by atoms with Crippen molar-refractivity contribution in [2.45, 2.75) is 0 Å². The highest BCUT2D eigenvalue weighted by Crippen LogP contribution is 2.38. The number of carbonyl (C=O) groups is 2. The number of hydrogen-bond donors (Lipinski definition) is 2. The maximum Gasteiger partial charge on any atom is 0.315 e. The molecule has 1 aliphatic rings. The van der Waals surface area contributed by atoms with Crippen molar-refractivity contribution in [1.29, 1.82) is 0 Å². The second-order valence-electron chi connectivity index (χ2n) is 5.62. The maximum atomic E-state index is 12.7. The monoisotopic (exact) mass is 423 g/mol. The lowest BCUT2D eigenvalue weighted by molar-refractivity contribution is -0.386. The third-order valence-corrected chi connectivity index (χ3v) is 4.24. The van der Waals surface area contributed by atoms with Crippen molar-refractivity contribution in [2.24, 2.45) is 0 Å². The fourth-order valence-electron chi connectivity index (χ4n) is 2.57. The van der Waals surface area contributed by atoms with Crippen LogP contribution in [-0.2, 0) is 9.59 Å². The highest BCUT2D eigenvalue weighted by molar-refractivity contribution is 6.36. The van der Waals surface area contributed by atoms with Crippen molar-refractivity contribution in [1.82, 2.24) is 5.43 Å². The summed E-state index contributed by atoms with van der Waals surface area (Å²) < 4.78 is 4.90. The molecule has 2 aromatic carbocycles. The number of rotatable bonds is 4. The van der Waals surface area contributed by atoms with Gasteiger partial charge in [-0.15, -0.1) is 0 Å². The van der Waals surface area contributed by atoms with Crippen LogP contribution >= 0.6 is 23.2 Å². The van der Waals surface area contributed by atoms with Crippen LogP contribution in [0.4, 0.5) is 11.4 Å². The van der Waals surface area contributed by atoms with Gasteiger partial charge in [-0.2, -0.15) is 0 Å². The van der Waals surface area contributed by atoms with E-state index in [9.17, 15) is 24.8 Å². The number of benzene rings is 2. The third-order valence-electron chi connectivity index (χ3n) is 3.80. The molecule has 0 aliphatic carbocycles. The Hall–Kier alpha value is -3.30. The number of amides is 2. The molecule has 0 atom stereocenters. The summed E-state index contributed by atoms with van der Waals surface area (Å²) in [5.41, 5.74) is 1.82. The van der Waals surface area contributed by atoms with E-state index in [4.69, 9.17) is 27.9 Å². The summed E-state index contributed by atoms with van der Waals surface area (Å²) in [4.78, 5) is 35.2. The SMILES string of the molecule is COc1cc(C=C2C(=O)NN(c3cc(Cl)cc(Cl)c3)C2=O)cc([N+](=O)[O-])c1O. The zero-order chi connectivity index (χ0) is 20.6. The normalized spacial score (nSPS) is 15.1. The van der Waals surface area contributed by atoms with Gasteiger partial charge in [-0.3, -0.25) is 25.1 Å². The van der Waals surface area contributed by atoms with E-state index in [1.807, 2.05) is 0 Å². The Bertz CT molecular complexity index is 1030. The number of nitro benzene ring substituents is 1. The molecular weight excluding hydrogens is 413 g/mol. The van der Waals surface area contributed by atoms with Gasteiger partial charge in [-0.05, 0) is 35.9 Å². The molecule has 2 aromatic rings. The molecule has 0 radical (unpaired) electrons. The lowest BCUT2D eigenvalue weighted by atomic mass is 10.1. The van der Waals surface area contributed by atoms with Crippen LogP contribution in [0.3, 0.4) is 0 Å². The predicted molar refractivity (Wildman–Crippen MR) is 101 cm³/mol. The second kappa shape index (κ2) is 7.37. The number of carbonyl (C=O) groups excluding carboxylic acids is 2. The van der Waals surface area contributed by atoms with Crippen LogP contribution in [0, 0.1) is 10.1 Å². The lowest BCUT2D eigenvalue weighted by Crippen LogP contribution is -2.35. The van der Waals surface area contributed by atoms with Crippen molar-refractivity contribution >= 4 is 52.5 Å². The summed E-state index contributed by atoms with van der Waals surface area (Å²) in [5, 5.41) is 22.4. The number of methoxy groups -OCH3 is 1. The molecule has 11 heteroatoms. The number of hydrazine groups is 1. The summed E-state index contributed by atoms with van der Waals surface area (Å²) in [6.07, 6.45) is 1.15. The van der Waals surface area contributed by atoms with E-state index in [1.165, 1.54) is 31.4 Å². The zero-order valence-electron chi connectivity index (χ0n) is 14.1. The first-order chi connectivity index (χ1) is 13.2. The Morgan fingerprint density at radius 3 is 2.39 bits per heavy atom. The van der Waals surface area contributed by atoms with Crippen LogP contribution in [0.1, 0.15) is 5.56 Å². The number of phenols is 1. The minimum Gasteiger partial charge on any atom is -0.500 e. The highest BCUT2D eigenvalue weighted by atomic mass is 35.5. The third kappa shape index (κ3) is 3.57. The van der Waals surface area contributed by atoms with Crippen LogP contribution < -0.4 is 15.2 Å². The van der Waals surface area contributed by atoms with Gasteiger partial charge in [-0.1, -0.05) is 23.2 Å². The summed E-state index contributed by atoms with van der Waals surface area (Å²) >= 11 is 11.8. The molecule has 2 amide bonds. The van der Waals surface area contributed by atoms with Gasteiger partial charge in [0.25, 0.3) is 11.8 Å². The molecule has 1 aliphatic heterocycles. The fraction of sp³-hybridized carbons (Fsp3) is 0.0588. The molecule has 28 heavy (non-hydrogen) atoms. The highest BCUT2D eigenvalue weighted by Gasteiger charge is 2.35. The van der Waals surface area contributed by atoms with Gasteiger partial charge in [0.05, 0.1) is 17.7 Å². The Morgan fingerprint density at radius 1 is 1.18 bits per heavy atom. The minimum atomic E-state index is -0.809. The van der Waals surface area contributed by atoms with Crippen molar-refractivity contribution in [3.8, 4) is 11.5 Å². The summed E-state index contributed by atoms with van der Waals surface area (Å²) in [6, 6.07) is 6.61. The molecule has 3 rings (SSSR count). The number of halogens is 2. The Kier molecular flexibility index (Phi) is 5.12. The van der Waals surface area contributed by atoms with Gasteiger partial charge >= 0.3 is 5.69 Å². The van der Waals surface area contributed by atoms with Crippen LogP contribution in [0.15, 0.2) is 35.9 Å². The number of nitrogens with one attached hydrogen (secondary N) is 1. The lowest BCUT2D eigenvalue weighted by Gasteiger charge is -2.15. The average molecular weight is 424 g/mol. The van der Waals surface area contributed by atoms with Gasteiger partial charge < -0.3 is 9.84 Å². The predicted octanol–water partition coefficient (Wildman–Crippen LogP) is 3.08. The Morgan fingerprint density at radius 2 is 1.82 bits per heavy atom. The first kappa shape index (κ1) is 19.5. The van der Waals surface area contributed by atoms with E-state index in [0.29, 0.717) is 0 Å². The second-order valence-corrected chi connectivity index (χ2v) is 6.49. The number of hydrogen-bond acceptors (Lipinski definition) is 6. The molecule has 0 bridgehead atoms. The van der Waals surface area contributed by atoms with E-state index in [1.54, 1.807) is 0 Å². The summed E-state index contributed by atoms with van der Waals surface area (Å²) in [7, 11) is 1.22. The molecule has 0 spiro atoms. The molecule has 1 fully saturated rings. The van der Waals surface area contributed by atoms with Crippen LogP contribution in [0.2, 0.25) is 10.0 Å². The van der Waals surface area contributed by atoms with E-state index < -0.39 is 28.2 Å². The number of ether oxygens (including phenoxy) is 1. The first-order valence-corrected chi connectivity index (χ1v) is 8.35. The van der Waals surface area contributed by atoms with Crippen molar-refractivity contribution in [3.63, 3.8) is 0 Å². The van der Waals surface area contributed by atoms with Crippen LogP contribution in [0.5, 0.6) is 11.5 Å². The van der Waals surface area contributed by atoms with E-state index in [0.717, 1.165) is 17.2 Å². The molecule has 0 saturated carbocycles. The number of nitrogens with zero attached hydrogens (tertiary/aromatic N) is 2. The average Bonchev–Trinajstić information content (AvgIpc) is 2.90. The van der Waals surface area contributed by atoms with Crippen molar-refractivity contribution in [3.05, 3.63) is 61.6 Å². The van der Waals surface area contributed by atoms with Gasteiger partial charge in [0.1, 0.15) is 5.57 Å². The van der Waals surface area contributed by atoms with Crippen LogP contribution in [-0.4, -0.2) is 29.0 Å². The first-order valence-electron chi connectivity index (χ1n) is 7.60. The van der Waals surface area contributed by atoms with Gasteiger partial charge in [0.2, 0.25) is 5.75 Å². The number of nitro groups is 1. The number of anilines is 1. The standard InChI is InChI=1S/C17H11Cl2N3O6/c1-28-14-4-8(3-13(15(14)23)22(26)27)2-12-16(24)20-21(17(12)25)11-6-9(18)5-10(19)7-11/h2-7,23H,1H3,(H,20,24). The zero-order valence-corrected chi connectivity index (χ0v) is 15.6. The Labute approximate surface area is 167 Å². The van der Waals surface area contributed by atoms with Crippen LogP contribution in [0.25, 0.3) is 6.08 Å². The molecule has 1 heterocycles. The number of aromatic hydroxyl groups is 1. The van der Waals surface area contributed by atoms with Crippen molar-refractivity contribution < 1.29 is 24.4 Å². The quantitative estimate of drug-likeness (QED) is 0.337. The molecule has 9 nitrogen and oxygen atoms in total. The fourth-order valence-corrected chi connectivity index (χ4v) is 3.08. The van der Waals surface area contributed by atoms with E-state index >= 15 is 0 Å². The maximum absolute atomic E-state index is 12.7. The molecule has 2 N–H and O–H groups in total. The van der Waals surface area contributed by atoms with Gasteiger partial charge in [-0.25, -0.2) is 5.01 Å². The van der Waals surface area contributed by atoms with Gasteiger partial charge in [0.15, 0.2) is 5.75 Å².